The molecule has 0 spiro atoms. The van der Waals surface area contributed by atoms with Gasteiger partial charge in [-0.25, -0.2) is 18.0 Å². The third kappa shape index (κ3) is 2.70. The van der Waals surface area contributed by atoms with Crippen LogP contribution >= 0.6 is 0 Å². The third-order valence-electron chi connectivity index (χ3n) is 0.984. The van der Waals surface area contributed by atoms with Crippen molar-refractivity contribution in [3.05, 3.63) is 0 Å². The maximum absolute atomic E-state index is 12.4. The molecule has 0 saturated carbocycles. The Morgan fingerprint density at radius 1 is 1.70 bits per heavy atom. The van der Waals surface area contributed by atoms with Crippen LogP contribution in [0.15, 0.2) is 0 Å². The van der Waals surface area contributed by atoms with Crippen molar-refractivity contribution in [2.24, 2.45) is 0 Å². The number of rotatable bonds is 3. The van der Waals surface area contributed by atoms with Gasteiger partial charge in [-0.1, -0.05) is 0 Å². The van der Waals surface area contributed by atoms with E-state index in [0.717, 1.165) is 0 Å². The number of carbonyl (C=O) groups is 1. The predicted octanol–water partition coefficient (Wildman–Crippen LogP) is 1.45. The summed E-state index contributed by atoms with van der Waals surface area (Å²) in [7, 11) is 0. The minimum absolute atomic E-state index is 0.613. The first-order valence-corrected chi connectivity index (χ1v) is 2.56. The summed E-state index contributed by atoms with van der Waals surface area (Å²) in [5.74, 6) is -1.85. The molecule has 1 atom stereocenters. The van der Waals surface area contributed by atoms with Gasteiger partial charge >= 0.3 is 5.97 Å². The van der Waals surface area contributed by atoms with E-state index in [1.807, 2.05) is 0 Å². The number of carboxylic acid groups (broad SMARTS) is 1. The van der Waals surface area contributed by atoms with Crippen molar-refractivity contribution in [3.8, 4) is 0 Å². The summed E-state index contributed by atoms with van der Waals surface area (Å²) in [5, 5.41) is 7.98. The van der Waals surface area contributed by atoms with Crippen LogP contribution in [0.4, 0.5) is 13.2 Å². The summed E-state index contributed by atoms with van der Waals surface area (Å²) in [4.78, 5) is 9.85. The van der Waals surface area contributed by atoms with Crippen molar-refractivity contribution in [2.75, 3.05) is 0 Å². The molecule has 2 nitrogen and oxygen atoms in total. The molecule has 0 aromatic carbocycles. The lowest BCUT2D eigenvalue weighted by atomic mass is 10.1. The Kier molecular flexibility index (Phi) is 2.68. The highest BCUT2D eigenvalue weighted by molar-refractivity contribution is 5.76. The van der Waals surface area contributed by atoms with Crippen LogP contribution in [0, 0.1) is 0 Å². The molecule has 1 N–H and O–H groups in total. The van der Waals surface area contributed by atoms with Crippen LogP contribution in [-0.2, 0) is 4.79 Å². The van der Waals surface area contributed by atoms with Gasteiger partial charge in [0.2, 0.25) is 12.1 Å². The van der Waals surface area contributed by atoms with E-state index in [2.05, 4.69) is 0 Å². The fourth-order valence-corrected chi connectivity index (χ4v) is 0.377. The summed E-state index contributed by atoms with van der Waals surface area (Å²) in [6, 6.07) is 0. The molecule has 0 aliphatic rings. The topological polar surface area (TPSA) is 37.3 Å². The zero-order valence-electron chi connectivity index (χ0n) is 5.27. The molecule has 60 valence electrons. The van der Waals surface area contributed by atoms with E-state index < -0.39 is 24.5 Å². The zero-order valence-corrected chi connectivity index (χ0v) is 5.27. The van der Waals surface area contributed by atoms with E-state index in [4.69, 9.17) is 5.11 Å². The van der Waals surface area contributed by atoms with Gasteiger partial charge in [0.1, 0.15) is 0 Å². The second kappa shape index (κ2) is 2.90. The van der Waals surface area contributed by atoms with Crippen molar-refractivity contribution in [1.82, 2.24) is 0 Å². The first-order valence-electron chi connectivity index (χ1n) is 2.56. The third-order valence-corrected chi connectivity index (χ3v) is 0.984. The van der Waals surface area contributed by atoms with Gasteiger partial charge in [-0.15, -0.1) is 0 Å². The number of alkyl halides is 3. The molecular formula is C5H7F3O2. The SMILES string of the molecule is CC(F)(CC(F)F)C(=O)O. The van der Waals surface area contributed by atoms with Crippen molar-refractivity contribution >= 4 is 5.97 Å². The first-order chi connectivity index (χ1) is 4.36. The second-order valence-electron chi connectivity index (χ2n) is 2.10. The van der Waals surface area contributed by atoms with Crippen LogP contribution in [0.5, 0.6) is 0 Å². The maximum Gasteiger partial charge on any atom is 0.341 e. The van der Waals surface area contributed by atoms with E-state index in [1.54, 1.807) is 0 Å². The Labute approximate surface area is 55.7 Å². The van der Waals surface area contributed by atoms with Gasteiger partial charge in [-0.3, -0.25) is 0 Å². The predicted molar refractivity (Wildman–Crippen MR) is 27.8 cm³/mol. The lowest BCUT2D eigenvalue weighted by Crippen LogP contribution is -2.31. The first kappa shape index (κ1) is 9.26. The van der Waals surface area contributed by atoms with Crippen LogP contribution in [0.25, 0.3) is 0 Å². The fraction of sp³-hybridized carbons (Fsp3) is 0.800. The number of hydrogen-bond donors (Lipinski definition) is 1. The minimum Gasteiger partial charge on any atom is -0.479 e. The summed E-state index contributed by atoms with van der Waals surface area (Å²) in [6.07, 6.45) is -4.19. The summed E-state index contributed by atoms with van der Waals surface area (Å²) in [6.45, 7) is 0.613. The van der Waals surface area contributed by atoms with Crippen molar-refractivity contribution in [3.63, 3.8) is 0 Å². The van der Waals surface area contributed by atoms with Gasteiger partial charge in [0.15, 0.2) is 0 Å². The largest absolute Gasteiger partial charge is 0.479 e. The van der Waals surface area contributed by atoms with Gasteiger partial charge in [0.05, 0.1) is 6.42 Å². The van der Waals surface area contributed by atoms with Crippen LogP contribution in [-0.4, -0.2) is 23.2 Å². The van der Waals surface area contributed by atoms with Gasteiger partial charge in [0.25, 0.3) is 0 Å². The molecule has 0 aliphatic heterocycles. The van der Waals surface area contributed by atoms with E-state index in [-0.39, 0.29) is 0 Å². The average molecular weight is 156 g/mol. The highest BCUT2D eigenvalue weighted by Gasteiger charge is 2.35. The summed E-state index contributed by atoms with van der Waals surface area (Å²) >= 11 is 0. The normalized spacial score (nSPS) is 16.9. The molecule has 0 heterocycles. The fourth-order valence-electron chi connectivity index (χ4n) is 0.377. The molecule has 0 rings (SSSR count). The highest BCUT2D eigenvalue weighted by atomic mass is 19.3. The quantitative estimate of drug-likeness (QED) is 0.671. The lowest BCUT2D eigenvalue weighted by Gasteiger charge is -2.12. The Morgan fingerprint density at radius 2 is 2.10 bits per heavy atom. The average Bonchev–Trinajstić information content (AvgIpc) is 1.60. The van der Waals surface area contributed by atoms with E-state index in [1.165, 1.54) is 0 Å². The molecule has 0 fully saturated rings. The van der Waals surface area contributed by atoms with Gasteiger partial charge < -0.3 is 5.11 Å². The summed E-state index contributed by atoms with van der Waals surface area (Å²) < 4.78 is 35.2. The molecule has 0 aliphatic carbocycles. The molecule has 10 heavy (non-hydrogen) atoms. The van der Waals surface area contributed by atoms with Gasteiger partial charge in [-0.05, 0) is 6.92 Å². The molecule has 1 unspecified atom stereocenters. The number of hydrogen-bond acceptors (Lipinski definition) is 1. The Balaban J connectivity index is 4.00. The summed E-state index contributed by atoms with van der Waals surface area (Å²) in [5.41, 5.74) is -2.81. The Bertz CT molecular complexity index is 133. The number of halogens is 3. The van der Waals surface area contributed by atoms with Crippen LogP contribution in [0.2, 0.25) is 0 Å². The Hall–Kier alpha value is -0.740. The Morgan fingerprint density at radius 3 is 2.20 bits per heavy atom. The van der Waals surface area contributed by atoms with Crippen molar-refractivity contribution < 1.29 is 23.1 Å². The number of aliphatic carboxylic acids is 1. The smallest absolute Gasteiger partial charge is 0.341 e. The standard InChI is InChI=1S/C5H7F3O2/c1-5(8,4(9)10)2-3(6)7/h3H,2H2,1H3,(H,9,10). The van der Waals surface area contributed by atoms with Crippen molar-refractivity contribution in [1.29, 1.82) is 0 Å². The van der Waals surface area contributed by atoms with Crippen LogP contribution in [0.1, 0.15) is 13.3 Å². The maximum atomic E-state index is 12.4. The monoisotopic (exact) mass is 156 g/mol. The molecule has 0 bridgehead atoms. The van der Waals surface area contributed by atoms with Gasteiger partial charge in [0, 0.05) is 0 Å². The minimum atomic E-state index is -2.92. The molecule has 5 heteroatoms. The molecular weight excluding hydrogens is 149 g/mol. The van der Waals surface area contributed by atoms with Crippen LogP contribution in [0.3, 0.4) is 0 Å². The van der Waals surface area contributed by atoms with E-state index >= 15 is 0 Å². The van der Waals surface area contributed by atoms with Gasteiger partial charge in [-0.2, -0.15) is 0 Å². The molecule has 0 aromatic rings. The van der Waals surface area contributed by atoms with Crippen molar-refractivity contribution in [2.45, 2.75) is 25.4 Å². The molecule has 0 saturated heterocycles. The highest BCUT2D eigenvalue weighted by Crippen LogP contribution is 2.19. The van der Waals surface area contributed by atoms with E-state index in [9.17, 15) is 18.0 Å². The lowest BCUT2D eigenvalue weighted by molar-refractivity contribution is -0.152. The van der Waals surface area contributed by atoms with E-state index in [0.29, 0.717) is 6.92 Å². The molecule has 0 amide bonds. The molecule has 0 radical (unpaired) electrons. The second-order valence-corrected chi connectivity index (χ2v) is 2.10. The zero-order chi connectivity index (χ0) is 8.36. The molecule has 0 aromatic heterocycles. The number of carboxylic acids is 1. The van der Waals surface area contributed by atoms with Crippen LogP contribution < -0.4 is 0 Å².